The highest BCUT2D eigenvalue weighted by Gasteiger charge is 2.24. The molecular formula is C19H30N2O4. The zero-order chi connectivity index (χ0) is 18.3. The molecule has 1 saturated carbocycles. The van der Waals surface area contributed by atoms with Crippen LogP contribution in [0, 0.1) is 0 Å². The molecule has 1 aliphatic carbocycles. The van der Waals surface area contributed by atoms with Crippen LogP contribution in [-0.4, -0.2) is 45.9 Å². The second kappa shape index (κ2) is 9.04. The van der Waals surface area contributed by atoms with Crippen LogP contribution in [-0.2, 0) is 11.3 Å². The zero-order valence-electron chi connectivity index (χ0n) is 15.5. The van der Waals surface area contributed by atoms with Crippen molar-refractivity contribution in [3.05, 3.63) is 23.9 Å². The Morgan fingerprint density at radius 2 is 1.92 bits per heavy atom. The third-order valence-corrected chi connectivity index (χ3v) is 3.76. The predicted molar refractivity (Wildman–Crippen MR) is 95.5 cm³/mol. The van der Waals surface area contributed by atoms with Gasteiger partial charge in [-0.25, -0.2) is 9.78 Å². The molecular weight excluding hydrogens is 320 g/mol. The molecule has 1 N–H and O–H groups in total. The summed E-state index contributed by atoms with van der Waals surface area (Å²) < 4.78 is 10.7. The van der Waals surface area contributed by atoms with Gasteiger partial charge in [-0.3, -0.25) is 0 Å². The van der Waals surface area contributed by atoms with Crippen molar-refractivity contribution in [3.63, 3.8) is 0 Å². The molecule has 0 unspecified atom stereocenters. The number of hydrogen-bond acceptors (Lipinski definition) is 5. The van der Waals surface area contributed by atoms with Crippen molar-refractivity contribution < 1.29 is 19.4 Å². The molecule has 2 aliphatic rings. The highest BCUT2D eigenvalue weighted by molar-refractivity contribution is 5.68. The van der Waals surface area contributed by atoms with Crippen LogP contribution in [0.25, 0.3) is 0 Å². The minimum Gasteiger partial charge on any atom is -0.474 e. The number of amides is 1. The van der Waals surface area contributed by atoms with Gasteiger partial charge in [0.15, 0.2) is 0 Å². The van der Waals surface area contributed by atoms with Gasteiger partial charge in [0.1, 0.15) is 11.7 Å². The lowest BCUT2D eigenvalue weighted by Gasteiger charge is -2.29. The first-order chi connectivity index (χ1) is 11.9. The molecule has 6 heteroatoms. The first kappa shape index (κ1) is 19.5. The van der Waals surface area contributed by atoms with E-state index < -0.39 is 0 Å². The first-order valence-electron chi connectivity index (χ1n) is 9.09. The molecule has 1 aromatic heterocycles. The first-order valence-corrected chi connectivity index (χ1v) is 9.09. The number of piperidine rings is 1. The minimum absolute atomic E-state index is 0.0259. The Labute approximate surface area is 150 Å². The van der Waals surface area contributed by atoms with E-state index in [2.05, 4.69) is 4.98 Å². The van der Waals surface area contributed by atoms with Crippen molar-refractivity contribution in [3.8, 4) is 5.88 Å². The number of pyridine rings is 1. The summed E-state index contributed by atoms with van der Waals surface area (Å²) in [6.07, 6.45) is 5.92. The van der Waals surface area contributed by atoms with Gasteiger partial charge in [-0.2, -0.15) is 0 Å². The highest BCUT2D eigenvalue weighted by atomic mass is 16.6. The van der Waals surface area contributed by atoms with Gasteiger partial charge in [0.25, 0.3) is 0 Å². The lowest BCUT2D eigenvalue weighted by molar-refractivity contribution is 0.0216. The van der Waals surface area contributed by atoms with Gasteiger partial charge in [0.2, 0.25) is 5.88 Å². The van der Waals surface area contributed by atoms with Crippen LogP contribution in [0.15, 0.2) is 18.2 Å². The molecule has 2 heterocycles. The fraction of sp³-hybridized carbons (Fsp3) is 0.684. The third-order valence-electron chi connectivity index (χ3n) is 3.76. The summed E-state index contributed by atoms with van der Waals surface area (Å²) in [5.74, 6) is 0.629. The summed E-state index contributed by atoms with van der Waals surface area (Å²) in [7, 11) is 0. The van der Waals surface area contributed by atoms with Gasteiger partial charge in [0.05, 0.1) is 12.3 Å². The van der Waals surface area contributed by atoms with E-state index in [1.807, 2.05) is 32.9 Å². The Morgan fingerprint density at radius 1 is 1.24 bits per heavy atom. The maximum absolute atomic E-state index is 11.5. The SMILES string of the molecule is CC(C)(C)OC(=O)N1CCCCC1.OCc1cccc(OC2CC2)n1. The van der Waals surface area contributed by atoms with E-state index in [0.717, 1.165) is 38.8 Å². The summed E-state index contributed by atoms with van der Waals surface area (Å²) in [5.41, 5.74) is 0.294. The molecule has 3 rings (SSSR count). The Balaban J connectivity index is 0.000000181. The second-order valence-electron chi connectivity index (χ2n) is 7.47. The molecule has 25 heavy (non-hydrogen) atoms. The number of likely N-dealkylation sites (tertiary alicyclic amines) is 1. The number of aliphatic hydroxyl groups is 1. The van der Waals surface area contributed by atoms with Crippen LogP contribution in [0.1, 0.15) is 58.6 Å². The Morgan fingerprint density at radius 3 is 2.48 bits per heavy atom. The van der Waals surface area contributed by atoms with Crippen LogP contribution in [0.2, 0.25) is 0 Å². The van der Waals surface area contributed by atoms with Crippen LogP contribution < -0.4 is 4.74 Å². The molecule has 1 aromatic rings. The summed E-state index contributed by atoms with van der Waals surface area (Å²) in [6, 6.07) is 5.44. The zero-order valence-corrected chi connectivity index (χ0v) is 15.5. The monoisotopic (exact) mass is 350 g/mol. The summed E-state index contributed by atoms with van der Waals surface area (Å²) in [6.45, 7) is 7.38. The summed E-state index contributed by atoms with van der Waals surface area (Å²) >= 11 is 0. The molecule has 0 spiro atoms. The molecule has 140 valence electrons. The van der Waals surface area contributed by atoms with Crippen molar-refractivity contribution in [1.29, 1.82) is 0 Å². The van der Waals surface area contributed by atoms with E-state index in [1.54, 1.807) is 11.0 Å². The highest BCUT2D eigenvalue weighted by Crippen LogP contribution is 2.25. The van der Waals surface area contributed by atoms with E-state index in [0.29, 0.717) is 17.7 Å². The maximum Gasteiger partial charge on any atom is 0.410 e. The van der Waals surface area contributed by atoms with Crippen molar-refractivity contribution in [2.45, 2.75) is 71.2 Å². The van der Waals surface area contributed by atoms with Crippen molar-refractivity contribution in [1.82, 2.24) is 9.88 Å². The van der Waals surface area contributed by atoms with Crippen LogP contribution >= 0.6 is 0 Å². The van der Waals surface area contributed by atoms with E-state index in [9.17, 15) is 4.79 Å². The number of carbonyl (C=O) groups is 1. The normalized spacial score (nSPS) is 17.4. The minimum atomic E-state index is -0.367. The van der Waals surface area contributed by atoms with Crippen molar-refractivity contribution in [2.75, 3.05) is 13.1 Å². The van der Waals surface area contributed by atoms with Crippen LogP contribution in [0.5, 0.6) is 5.88 Å². The number of ether oxygens (including phenoxy) is 2. The quantitative estimate of drug-likeness (QED) is 0.903. The molecule has 1 saturated heterocycles. The molecule has 0 aromatic carbocycles. The number of carbonyl (C=O) groups excluding carboxylic acids is 1. The standard InChI is InChI=1S/C10H19NO2.C9H11NO2/c1-10(2,3)13-9(12)11-7-5-4-6-8-11;11-6-7-2-1-3-9(10-7)12-8-4-5-8/h4-8H2,1-3H3;1-3,8,11H,4-6H2. The van der Waals surface area contributed by atoms with Gasteiger partial charge in [0, 0.05) is 19.2 Å². The van der Waals surface area contributed by atoms with E-state index >= 15 is 0 Å². The topological polar surface area (TPSA) is 71.9 Å². The second-order valence-corrected chi connectivity index (χ2v) is 7.47. The van der Waals surface area contributed by atoms with Gasteiger partial charge >= 0.3 is 6.09 Å². The average Bonchev–Trinajstić information content (AvgIpc) is 3.39. The molecule has 2 fully saturated rings. The Kier molecular flexibility index (Phi) is 7.05. The predicted octanol–water partition coefficient (Wildman–Crippen LogP) is 3.52. The number of hydrogen-bond donors (Lipinski definition) is 1. The van der Waals surface area contributed by atoms with Gasteiger partial charge < -0.3 is 19.5 Å². The molecule has 0 bridgehead atoms. The molecule has 1 aliphatic heterocycles. The number of aromatic nitrogens is 1. The van der Waals surface area contributed by atoms with Crippen molar-refractivity contribution >= 4 is 6.09 Å². The van der Waals surface area contributed by atoms with E-state index in [1.165, 1.54) is 6.42 Å². The van der Waals surface area contributed by atoms with E-state index in [4.69, 9.17) is 14.6 Å². The molecule has 0 atom stereocenters. The van der Waals surface area contributed by atoms with Gasteiger partial charge in [-0.05, 0) is 58.9 Å². The Bertz CT molecular complexity index is 547. The summed E-state index contributed by atoms with van der Waals surface area (Å²) in [4.78, 5) is 17.4. The van der Waals surface area contributed by atoms with Gasteiger partial charge in [-0.1, -0.05) is 6.07 Å². The number of aliphatic hydroxyl groups excluding tert-OH is 1. The summed E-state index contributed by atoms with van der Waals surface area (Å²) in [5, 5.41) is 8.79. The Hall–Kier alpha value is -1.82. The van der Waals surface area contributed by atoms with Gasteiger partial charge in [-0.15, -0.1) is 0 Å². The fourth-order valence-corrected chi connectivity index (χ4v) is 2.37. The molecule has 1 amide bonds. The van der Waals surface area contributed by atoms with Crippen LogP contribution in [0.4, 0.5) is 4.79 Å². The number of rotatable bonds is 3. The number of nitrogens with zero attached hydrogens (tertiary/aromatic N) is 2. The third kappa shape index (κ3) is 7.73. The molecule has 0 radical (unpaired) electrons. The lowest BCUT2D eigenvalue weighted by atomic mass is 10.1. The molecule has 6 nitrogen and oxygen atoms in total. The fourth-order valence-electron chi connectivity index (χ4n) is 2.37. The average molecular weight is 350 g/mol. The smallest absolute Gasteiger partial charge is 0.410 e. The van der Waals surface area contributed by atoms with Crippen LogP contribution in [0.3, 0.4) is 0 Å². The lowest BCUT2D eigenvalue weighted by Crippen LogP contribution is -2.39. The van der Waals surface area contributed by atoms with Crippen molar-refractivity contribution in [2.24, 2.45) is 0 Å². The largest absolute Gasteiger partial charge is 0.474 e. The maximum atomic E-state index is 11.5. The van der Waals surface area contributed by atoms with E-state index in [-0.39, 0.29) is 18.3 Å².